The second-order valence-electron chi connectivity index (χ2n) is 4.81. The van der Waals surface area contributed by atoms with E-state index < -0.39 is 0 Å². The fourth-order valence-corrected chi connectivity index (χ4v) is 2.21. The third-order valence-electron chi connectivity index (χ3n) is 3.61. The Morgan fingerprint density at radius 3 is 2.28 bits per heavy atom. The molecule has 0 unspecified atom stereocenters. The molecule has 0 aromatic heterocycles. The van der Waals surface area contributed by atoms with Gasteiger partial charge < -0.3 is 16.0 Å². The average Bonchev–Trinajstić information content (AvgIpc) is 3.12. The maximum absolute atomic E-state index is 12.1. The number of amides is 2. The van der Waals surface area contributed by atoms with E-state index in [4.69, 9.17) is 5.73 Å². The molecule has 0 radical (unpaired) electrons. The van der Waals surface area contributed by atoms with Crippen LogP contribution in [0.1, 0.15) is 32.3 Å². The van der Waals surface area contributed by atoms with Gasteiger partial charge in [-0.05, 0) is 44.4 Å². The molecule has 1 aromatic rings. The highest BCUT2D eigenvalue weighted by molar-refractivity contribution is 5.76. The predicted molar refractivity (Wildman–Crippen MR) is 73.2 cm³/mol. The normalized spacial score (nSPS) is 16.1. The zero-order chi connectivity index (χ0) is 13.2. The Morgan fingerprint density at radius 2 is 1.83 bits per heavy atom. The van der Waals surface area contributed by atoms with E-state index >= 15 is 0 Å². The van der Waals surface area contributed by atoms with E-state index in [0.29, 0.717) is 0 Å². The quantitative estimate of drug-likeness (QED) is 0.802. The number of urea groups is 1. The fraction of sp³-hybridized carbons (Fsp3) is 0.500. The van der Waals surface area contributed by atoms with Gasteiger partial charge in [-0.25, -0.2) is 4.79 Å². The largest absolute Gasteiger partial charge is 0.399 e. The second-order valence-corrected chi connectivity index (χ2v) is 4.81. The van der Waals surface area contributed by atoms with Crippen LogP contribution < -0.4 is 11.1 Å². The minimum Gasteiger partial charge on any atom is -0.399 e. The molecule has 4 nitrogen and oxygen atoms in total. The molecule has 1 aromatic carbocycles. The monoisotopic (exact) mass is 247 g/mol. The lowest BCUT2D eigenvalue weighted by molar-refractivity contribution is 0.197. The molecule has 1 aliphatic rings. The van der Waals surface area contributed by atoms with Gasteiger partial charge in [0.1, 0.15) is 0 Å². The van der Waals surface area contributed by atoms with Gasteiger partial charge in [0, 0.05) is 18.8 Å². The number of nitrogens with two attached hydrogens (primary N) is 1. The van der Waals surface area contributed by atoms with E-state index in [2.05, 4.69) is 5.32 Å². The van der Waals surface area contributed by atoms with Gasteiger partial charge in [0.25, 0.3) is 0 Å². The van der Waals surface area contributed by atoms with Crippen LogP contribution in [0, 0.1) is 0 Å². The smallest absolute Gasteiger partial charge is 0.318 e. The predicted octanol–water partition coefficient (Wildman–Crippen LogP) is 2.31. The number of hydrogen-bond acceptors (Lipinski definition) is 2. The van der Waals surface area contributed by atoms with Crippen molar-refractivity contribution in [3.8, 4) is 0 Å². The number of benzene rings is 1. The number of carbonyl (C=O) groups excluding carboxylic acids is 1. The Labute approximate surface area is 108 Å². The van der Waals surface area contributed by atoms with Crippen LogP contribution in [0.15, 0.2) is 24.3 Å². The van der Waals surface area contributed by atoms with Crippen LogP contribution in [0.5, 0.6) is 0 Å². The maximum Gasteiger partial charge on any atom is 0.318 e. The van der Waals surface area contributed by atoms with E-state index in [1.54, 1.807) is 4.90 Å². The fourth-order valence-electron chi connectivity index (χ4n) is 2.21. The highest BCUT2D eigenvalue weighted by Gasteiger charge is 2.46. The van der Waals surface area contributed by atoms with Crippen LogP contribution in [0.25, 0.3) is 0 Å². The Hall–Kier alpha value is -1.71. The summed E-state index contributed by atoms with van der Waals surface area (Å²) in [6.45, 7) is 5.46. The molecule has 0 saturated heterocycles. The molecule has 0 heterocycles. The average molecular weight is 247 g/mol. The van der Waals surface area contributed by atoms with Crippen LogP contribution >= 0.6 is 0 Å². The van der Waals surface area contributed by atoms with E-state index in [-0.39, 0.29) is 11.6 Å². The summed E-state index contributed by atoms with van der Waals surface area (Å²) in [6.07, 6.45) is 2.01. The zero-order valence-corrected chi connectivity index (χ0v) is 11.1. The third kappa shape index (κ3) is 2.42. The molecule has 3 N–H and O–H groups in total. The van der Waals surface area contributed by atoms with Crippen molar-refractivity contribution in [1.82, 2.24) is 10.2 Å². The van der Waals surface area contributed by atoms with E-state index in [9.17, 15) is 4.79 Å². The van der Waals surface area contributed by atoms with E-state index in [1.807, 2.05) is 38.1 Å². The van der Waals surface area contributed by atoms with Crippen molar-refractivity contribution in [2.75, 3.05) is 18.8 Å². The number of nitrogens with one attached hydrogen (secondary N) is 1. The first-order chi connectivity index (χ1) is 8.61. The van der Waals surface area contributed by atoms with Gasteiger partial charge in [-0.1, -0.05) is 12.1 Å². The molecule has 18 heavy (non-hydrogen) atoms. The van der Waals surface area contributed by atoms with Crippen LogP contribution in [-0.2, 0) is 5.54 Å². The van der Waals surface area contributed by atoms with Crippen LogP contribution in [0.4, 0.5) is 10.5 Å². The van der Waals surface area contributed by atoms with Gasteiger partial charge in [-0.15, -0.1) is 0 Å². The minimum absolute atomic E-state index is 0.0225. The van der Waals surface area contributed by atoms with E-state index in [0.717, 1.165) is 37.2 Å². The molecule has 1 aliphatic carbocycles. The molecule has 98 valence electrons. The minimum atomic E-state index is -0.159. The van der Waals surface area contributed by atoms with Gasteiger partial charge in [-0.2, -0.15) is 0 Å². The van der Waals surface area contributed by atoms with Gasteiger partial charge in [0.05, 0.1) is 5.54 Å². The molecule has 2 amide bonds. The summed E-state index contributed by atoms with van der Waals surface area (Å²) in [5, 5.41) is 3.15. The van der Waals surface area contributed by atoms with Gasteiger partial charge in [0.2, 0.25) is 0 Å². The van der Waals surface area contributed by atoms with Crippen molar-refractivity contribution in [2.24, 2.45) is 0 Å². The molecule has 4 heteroatoms. The number of rotatable bonds is 4. The van der Waals surface area contributed by atoms with Crippen LogP contribution in [0.3, 0.4) is 0 Å². The molecule has 0 atom stereocenters. The number of nitrogen functional groups attached to an aromatic ring is 1. The summed E-state index contributed by atoms with van der Waals surface area (Å²) >= 11 is 0. The number of nitrogens with zero attached hydrogens (tertiary/aromatic N) is 1. The van der Waals surface area contributed by atoms with Crippen molar-refractivity contribution in [3.63, 3.8) is 0 Å². The van der Waals surface area contributed by atoms with E-state index in [1.165, 1.54) is 0 Å². The molecule has 0 aliphatic heterocycles. The van der Waals surface area contributed by atoms with Crippen LogP contribution in [-0.4, -0.2) is 24.0 Å². The number of anilines is 1. The Balaban J connectivity index is 2.08. The summed E-state index contributed by atoms with van der Waals surface area (Å²) < 4.78 is 0. The van der Waals surface area contributed by atoms with Crippen molar-refractivity contribution in [3.05, 3.63) is 29.8 Å². The topological polar surface area (TPSA) is 58.4 Å². The second kappa shape index (κ2) is 4.88. The lowest BCUT2D eigenvalue weighted by atomic mass is 10.0. The van der Waals surface area contributed by atoms with Crippen molar-refractivity contribution >= 4 is 11.7 Å². The molecular weight excluding hydrogens is 226 g/mol. The first kappa shape index (κ1) is 12.7. The highest BCUT2D eigenvalue weighted by Crippen LogP contribution is 2.45. The first-order valence-corrected chi connectivity index (χ1v) is 6.54. The summed E-state index contributed by atoms with van der Waals surface area (Å²) in [7, 11) is 0. The van der Waals surface area contributed by atoms with Gasteiger partial charge in [-0.3, -0.25) is 0 Å². The molecule has 2 rings (SSSR count). The number of carbonyl (C=O) groups is 1. The molecule has 1 fully saturated rings. The third-order valence-corrected chi connectivity index (χ3v) is 3.61. The maximum atomic E-state index is 12.1. The summed E-state index contributed by atoms with van der Waals surface area (Å²) in [5.41, 5.74) is 7.43. The van der Waals surface area contributed by atoms with Crippen molar-refractivity contribution < 1.29 is 4.79 Å². The Kier molecular flexibility index (Phi) is 3.45. The first-order valence-electron chi connectivity index (χ1n) is 6.54. The van der Waals surface area contributed by atoms with Crippen LogP contribution in [0.2, 0.25) is 0 Å². The highest BCUT2D eigenvalue weighted by atomic mass is 16.2. The number of hydrogen-bond donors (Lipinski definition) is 2. The molecule has 0 bridgehead atoms. The van der Waals surface area contributed by atoms with Gasteiger partial charge in [0.15, 0.2) is 0 Å². The van der Waals surface area contributed by atoms with Gasteiger partial charge >= 0.3 is 6.03 Å². The van der Waals surface area contributed by atoms with Crippen molar-refractivity contribution in [1.29, 1.82) is 0 Å². The zero-order valence-electron chi connectivity index (χ0n) is 11.1. The Bertz CT molecular complexity index is 419. The summed E-state index contributed by atoms with van der Waals surface area (Å²) in [5.74, 6) is 0. The SMILES string of the molecule is CCN(CC)C(=O)NC1(c2ccc(N)cc2)CC1. The molecule has 1 saturated carbocycles. The summed E-state index contributed by atoms with van der Waals surface area (Å²) in [4.78, 5) is 13.9. The molecule has 0 spiro atoms. The standard InChI is InChI=1S/C14H21N3O/c1-3-17(4-2)13(18)16-14(9-10-14)11-5-7-12(15)8-6-11/h5-8H,3-4,9-10,15H2,1-2H3,(H,16,18). The van der Waals surface area contributed by atoms with Crippen molar-refractivity contribution in [2.45, 2.75) is 32.2 Å². The lowest BCUT2D eigenvalue weighted by Crippen LogP contribution is -2.44. The Morgan fingerprint density at radius 1 is 1.28 bits per heavy atom. The summed E-state index contributed by atoms with van der Waals surface area (Å²) in [6, 6.07) is 7.81. The lowest BCUT2D eigenvalue weighted by Gasteiger charge is -2.24. The molecular formula is C14H21N3O.